The van der Waals surface area contributed by atoms with Gasteiger partial charge in [0.2, 0.25) is 5.91 Å². The molecule has 4 aliphatic heterocycles. The number of carbonyl (C=O) groups is 2. The van der Waals surface area contributed by atoms with Crippen LogP contribution >= 0.6 is 11.8 Å². The van der Waals surface area contributed by atoms with Gasteiger partial charge < -0.3 is 83.4 Å². The van der Waals surface area contributed by atoms with E-state index in [0.29, 0.717) is 18.1 Å². The van der Waals surface area contributed by atoms with Crippen LogP contribution in [0.3, 0.4) is 0 Å². The summed E-state index contributed by atoms with van der Waals surface area (Å²) in [6, 6.07) is -3.37. The minimum absolute atomic E-state index is 0.0113. The van der Waals surface area contributed by atoms with Crippen molar-refractivity contribution in [2.24, 2.45) is 22.9 Å². The molecule has 16 N–H and O–H groups in total. The molecule has 0 bridgehead atoms. The van der Waals surface area contributed by atoms with Gasteiger partial charge >= 0.3 is 6.03 Å². The van der Waals surface area contributed by atoms with Crippen LogP contribution in [-0.4, -0.2) is 159 Å². The SMILES string of the molecule is N[C@@H]1[C@H](O)[C@@H](O[C@H]2[C@@H](O)[C@H](O[C@H]3O[C@@H](CNC(=O)CCCC[C@@H]4SC[C@@H]5NC(=O)N[C@@H]54)[C@@H](O)C[C@H]3N)[C@H](N)C[C@H]2N)O[C@H](CO)[C@H]1O. The van der Waals surface area contributed by atoms with E-state index in [4.69, 9.17) is 41.9 Å². The summed E-state index contributed by atoms with van der Waals surface area (Å²) in [7, 11) is 0. The van der Waals surface area contributed by atoms with E-state index >= 15 is 0 Å². The summed E-state index contributed by atoms with van der Waals surface area (Å²) < 4.78 is 23.4. The molecule has 18 nitrogen and oxygen atoms in total. The van der Waals surface area contributed by atoms with Crippen molar-refractivity contribution in [3.8, 4) is 0 Å². The van der Waals surface area contributed by atoms with Gasteiger partial charge in [0.15, 0.2) is 12.6 Å². The zero-order valence-electron chi connectivity index (χ0n) is 26.1. The number of aliphatic hydroxyl groups excluding tert-OH is 5. The molecule has 0 unspecified atom stereocenters. The number of aliphatic hydroxyl groups is 5. The smallest absolute Gasteiger partial charge is 0.315 e. The van der Waals surface area contributed by atoms with E-state index in [1.165, 1.54) is 0 Å². The Bertz CT molecular complexity index is 1070. The van der Waals surface area contributed by atoms with Crippen LogP contribution in [0.25, 0.3) is 0 Å². The normalized spacial score (nSPS) is 46.8. The number of unbranched alkanes of at least 4 members (excludes halogenated alkanes) is 1. The van der Waals surface area contributed by atoms with Gasteiger partial charge in [-0.05, 0) is 25.7 Å². The van der Waals surface area contributed by atoms with E-state index in [-0.39, 0.29) is 43.4 Å². The molecule has 4 saturated heterocycles. The highest BCUT2D eigenvalue weighted by atomic mass is 32.2. The Hall–Kier alpha value is -1.43. The van der Waals surface area contributed by atoms with Crippen molar-refractivity contribution in [2.45, 2.75) is 141 Å². The lowest BCUT2D eigenvalue weighted by molar-refractivity contribution is -0.315. The lowest BCUT2D eigenvalue weighted by Gasteiger charge is -2.47. The molecule has 0 spiro atoms. The van der Waals surface area contributed by atoms with Gasteiger partial charge in [-0.25, -0.2) is 4.79 Å². The average molecular weight is 694 g/mol. The Kier molecular flexibility index (Phi) is 12.6. The van der Waals surface area contributed by atoms with Crippen molar-refractivity contribution < 1.29 is 54.1 Å². The number of nitrogens with one attached hydrogen (secondary N) is 3. The molecule has 5 aliphatic rings. The summed E-state index contributed by atoms with van der Waals surface area (Å²) in [6.45, 7) is -0.570. The van der Waals surface area contributed by atoms with Crippen LogP contribution in [-0.2, 0) is 23.7 Å². The van der Waals surface area contributed by atoms with Crippen molar-refractivity contribution in [1.29, 1.82) is 0 Å². The summed E-state index contributed by atoms with van der Waals surface area (Å²) in [5.41, 5.74) is 24.7. The highest BCUT2D eigenvalue weighted by molar-refractivity contribution is 8.00. The second-order valence-corrected chi connectivity index (χ2v) is 14.5. The van der Waals surface area contributed by atoms with Crippen LogP contribution < -0.4 is 38.9 Å². The summed E-state index contributed by atoms with van der Waals surface area (Å²) in [5, 5.41) is 61.1. The molecular formula is C28H51N7O11S. The first-order chi connectivity index (χ1) is 22.4. The third-order valence-electron chi connectivity index (χ3n) is 9.76. The van der Waals surface area contributed by atoms with Gasteiger partial charge in [-0.2, -0.15) is 11.8 Å². The minimum Gasteiger partial charge on any atom is -0.394 e. The van der Waals surface area contributed by atoms with Crippen LogP contribution in [0.1, 0.15) is 38.5 Å². The lowest BCUT2D eigenvalue weighted by atomic mass is 9.84. The molecule has 3 amide bonds. The van der Waals surface area contributed by atoms with Crippen molar-refractivity contribution in [3.63, 3.8) is 0 Å². The van der Waals surface area contributed by atoms with E-state index in [9.17, 15) is 35.1 Å². The Morgan fingerprint density at radius 2 is 1.57 bits per heavy atom. The fourth-order valence-electron chi connectivity index (χ4n) is 6.98. The second kappa shape index (κ2) is 16.1. The van der Waals surface area contributed by atoms with Crippen molar-refractivity contribution in [3.05, 3.63) is 0 Å². The third kappa shape index (κ3) is 8.48. The molecule has 0 aromatic carbocycles. The predicted octanol–water partition coefficient (Wildman–Crippen LogP) is -5.41. The molecular weight excluding hydrogens is 642 g/mol. The zero-order chi connectivity index (χ0) is 34.0. The molecule has 17 atom stereocenters. The second-order valence-electron chi connectivity index (χ2n) is 13.2. The van der Waals surface area contributed by atoms with Crippen molar-refractivity contribution >= 4 is 23.7 Å². The molecule has 5 rings (SSSR count). The lowest BCUT2D eigenvalue weighted by Crippen LogP contribution is -2.68. The van der Waals surface area contributed by atoms with E-state index in [1.807, 2.05) is 11.8 Å². The Morgan fingerprint density at radius 1 is 0.894 bits per heavy atom. The van der Waals surface area contributed by atoms with E-state index in [2.05, 4.69) is 16.0 Å². The van der Waals surface area contributed by atoms with E-state index < -0.39 is 92.2 Å². The molecule has 270 valence electrons. The minimum atomic E-state index is -1.48. The molecule has 0 aromatic heterocycles. The van der Waals surface area contributed by atoms with Gasteiger partial charge in [0, 0.05) is 36.1 Å². The molecule has 1 saturated carbocycles. The fourth-order valence-corrected chi connectivity index (χ4v) is 8.52. The molecule has 4 heterocycles. The highest BCUT2D eigenvalue weighted by Gasteiger charge is 2.50. The molecule has 19 heteroatoms. The Labute approximate surface area is 276 Å². The van der Waals surface area contributed by atoms with Crippen molar-refractivity contribution in [2.75, 3.05) is 18.9 Å². The number of hydrogen-bond acceptors (Lipinski definition) is 16. The summed E-state index contributed by atoms with van der Waals surface area (Å²) >= 11 is 1.83. The molecule has 0 aromatic rings. The maximum atomic E-state index is 12.6. The number of carbonyl (C=O) groups excluding carboxylic acids is 2. The van der Waals surface area contributed by atoms with Gasteiger partial charge in [0.05, 0.1) is 36.9 Å². The van der Waals surface area contributed by atoms with Gasteiger partial charge in [-0.15, -0.1) is 0 Å². The standard InChI is InChI=1S/C28H51N7O11S/c29-10-5-11(30)25(46-27-22(40)19(32)21(39)16(8-36)44-27)23(41)24(10)45-26-12(31)6-14(37)15(43-26)7-33-18(38)4-2-1-3-17-20-13(9-47-17)34-28(42)35-20/h10-17,19-27,36-37,39-41H,1-9,29-32H2,(H,33,38)(H2,34,35,42)/t10-,11-,12-,13+,14+,15+,16-,17+,19+,20+,21-,22+,23+,24-,25-,26-,27-/m1/s1. The number of ether oxygens (including phenoxy) is 4. The number of amides is 3. The van der Waals surface area contributed by atoms with Crippen LogP contribution in [0.15, 0.2) is 0 Å². The predicted molar refractivity (Wildman–Crippen MR) is 166 cm³/mol. The number of nitrogens with two attached hydrogens (primary N) is 4. The number of rotatable bonds is 12. The first-order valence-corrected chi connectivity index (χ1v) is 17.3. The first kappa shape index (κ1) is 36.8. The van der Waals surface area contributed by atoms with Gasteiger partial charge in [-0.3, -0.25) is 4.79 Å². The monoisotopic (exact) mass is 693 g/mol. The average Bonchev–Trinajstić information content (AvgIpc) is 3.58. The molecule has 0 radical (unpaired) electrons. The number of thioether (sulfide) groups is 1. The maximum Gasteiger partial charge on any atom is 0.315 e. The van der Waals surface area contributed by atoms with Crippen LogP contribution in [0, 0.1) is 0 Å². The fraction of sp³-hybridized carbons (Fsp3) is 0.929. The van der Waals surface area contributed by atoms with Gasteiger partial charge in [0.1, 0.15) is 42.7 Å². The Balaban J connectivity index is 1.09. The molecule has 5 fully saturated rings. The quantitative estimate of drug-likeness (QED) is 0.0670. The summed E-state index contributed by atoms with van der Waals surface area (Å²) in [6.07, 6.45) is -9.02. The van der Waals surface area contributed by atoms with Crippen LogP contribution in [0.2, 0.25) is 0 Å². The summed E-state index contributed by atoms with van der Waals surface area (Å²) in [4.78, 5) is 24.1. The summed E-state index contributed by atoms with van der Waals surface area (Å²) in [5.74, 6) is 0.689. The van der Waals surface area contributed by atoms with Crippen LogP contribution in [0.4, 0.5) is 4.79 Å². The Morgan fingerprint density at radius 3 is 2.28 bits per heavy atom. The number of hydrogen-bond donors (Lipinski definition) is 12. The third-order valence-corrected chi connectivity index (χ3v) is 11.3. The first-order valence-electron chi connectivity index (χ1n) is 16.3. The maximum absolute atomic E-state index is 12.6. The van der Waals surface area contributed by atoms with Gasteiger partial charge in [0.25, 0.3) is 0 Å². The zero-order valence-corrected chi connectivity index (χ0v) is 26.9. The number of fused-ring (bicyclic) bond motifs is 1. The van der Waals surface area contributed by atoms with Gasteiger partial charge in [-0.1, -0.05) is 6.42 Å². The highest BCUT2D eigenvalue weighted by Crippen LogP contribution is 2.34. The number of urea groups is 1. The van der Waals surface area contributed by atoms with E-state index in [0.717, 1.165) is 18.6 Å². The molecule has 47 heavy (non-hydrogen) atoms. The van der Waals surface area contributed by atoms with Crippen LogP contribution in [0.5, 0.6) is 0 Å². The van der Waals surface area contributed by atoms with E-state index in [1.54, 1.807) is 0 Å². The topological polar surface area (TPSA) is 312 Å². The largest absolute Gasteiger partial charge is 0.394 e. The van der Waals surface area contributed by atoms with Crippen molar-refractivity contribution in [1.82, 2.24) is 16.0 Å². The molecule has 1 aliphatic carbocycles.